The summed E-state index contributed by atoms with van der Waals surface area (Å²) in [6.45, 7) is 0.506. The normalized spacial score (nSPS) is 10.4. The lowest BCUT2D eigenvalue weighted by atomic mass is 10.2. The fourth-order valence-corrected chi connectivity index (χ4v) is 3.03. The molecule has 1 heterocycles. The van der Waals surface area contributed by atoms with Crippen LogP contribution in [0.5, 0.6) is 11.5 Å². The maximum absolute atomic E-state index is 6.26. The number of rotatable bonds is 7. The number of hydrogen-bond acceptors (Lipinski definition) is 6. The first-order valence-corrected chi connectivity index (χ1v) is 9.74. The van der Waals surface area contributed by atoms with Crippen molar-refractivity contribution in [3.05, 3.63) is 95.8 Å². The molecule has 0 amide bonds. The van der Waals surface area contributed by atoms with Gasteiger partial charge in [-0.2, -0.15) is 0 Å². The molecule has 0 aliphatic heterocycles. The molecule has 3 aromatic carbocycles. The van der Waals surface area contributed by atoms with Crippen LogP contribution in [0.3, 0.4) is 0 Å². The van der Waals surface area contributed by atoms with Gasteiger partial charge in [0, 0.05) is 17.3 Å². The molecular formula is C23H20ClN5O. The molecule has 0 aliphatic rings. The molecule has 0 unspecified atom stereocenters. The summed E-state index contributed by atoms with van der Waals surface area (Å²) in [4.78, 5) is 8.49. The van der Waals surface area contributed by atoms with Crippen molar-refractivity contribution in [1.29, 1.82) is 0 Å². The van der Waals surface area contributed by atoms with E-state index in [0.29, 0.717) is 28.9 Å². The van der Waals surface area contributed by atoms with E-state index in [1.807, 2.05) is 78.9 Å². The third-order valence-corrected chi connectivity index (χ3v) is 4.75. The Morgan fingerprint density at radius 3 is 2.23 bits per heavy atom. The van der Waals surface area contributed by atoms with E-state index in [2.05, 4.69) is 20.6 Å². The summed E-state index contributed by atoms with van der Waals surface area (Å²) in [6.07, 6.45) is 1.46. The van der Waals surface area contributed by atoms with E-state index >= 15 is 0 Å². The molecule has 0 saturated heterocycles. The monoisotopic (exact) mass is 417 g/mol. The minimum Gasteiger partial charge on any atom is -0.457 e. The van der Waals surface area contributed by atoms with Crippen molar-refractivity contribution in [3.8, 4) is 11.5 Å². The molecule has 0 spiro atoms. The molecule has 0 fully saturated rings. The zero-order valence-corrected chi connectivity index (χ0v) is 16.8. The highest BCUT2D eigenvalue weighted by Gasteiger charge is 2.09. The van der Waals surface area contributed by atoms with Crippen LogP contribution < -0.4 is 21.1 Å². The summed E-state index contributed by atoms with van der Waals surface area (Å²) >= 11 is 6.21. The summed E-state index contributed by atoms with van der Waals surface area (Å²) in [6, 6.07) is 24.8. The lowest BCUT2D eigenvalue weighted by Crippen LogP contribution is -2.08. The summed E-state index contributed by atoms with van der Waals surface area (Å²) in [5.41, 5.74) is 8.47. The Bertz CT molecular complexity index is 1120. The summed E-state index contributed by atoms with van der Waals surface area (Å²) in [5, 5.41) is 7.12. The van der Waals surface area contributed by atoms with Gasteiger partial charge in [-0.1, -0.05) is 48.0 Å². The average molecular weight is 418 g/mol. The molecule has 0 saturated carbocycles. The SMILES string of the molecule is Nc1c(NCc2ccccc2Cl)ncnc1Nc1ccc(Oc2ccccc2)cc1. The predicted octanol–water partition coefficient (Wildman–Crippen LogP) is 5.86. The minimum absolute atomic E-state index is 0.425. The van der Waals surface area contributed by atoms with E-state index < -0.39 is 0 Å². The lowest BCUT2D eigenvalue weighted by molar-refractivity contribution is 0.483. The molecule has 0 radical (unpaired) electrons. The van der Waals surface area contributed by atoms with Gasteiger partial charge in [0.2, 0.25) is 0 Å². The van der Waals surface area contributed by atoms with Gasteiger partial charge in [0.05, 0.1) is 0 Å². The Balaban J connectivity index is 1.43. The van der Waals surface area contributed by atoms with Gasteiger partial charge in [0.1, 0.15) is 23.5 Å². The quantitative estimate of drug-likeness (QED) is 0.349. The van der Waals surface area contributed by atoms with Gasteiger partial charge < -0.3 is 21.1 Å². The van der Waals surface area contributed by atoms with Crippen LogP contribution in [0, 0.1) is 0 Å². The Morgan fingerprint density at radius 1 is 0.800 bits per heavy atom. The van der Waals surface area contributed by atoms with Crippen molar-refractivity contribution in [1.82, 2.24) is 9.97 Å². The van der Waals surface area contributed by atoms with Crippen molar-refractivity contribution < 1.29 is 4.74 Å². The number of halogens is 1. The van der Waals surface area contributed by atoms with E-state index in [1.165, 1.54) is 6.33 Å². The van der Waals surface area contributed by atoms with Crippen LogP contribution >= 0.6 is 11.6 Å². The van der Waals surface area contributed by atoms with Gasteiger partial charge in [-0.3, -0.25) is 0 Å². The standard InChI is InChI=1S/C23H20ClN5O/c24-20-9-5-4-6-16(20)14-26-22-21(25)23(28-15-27-22)29-17-10-12-19(13-11-17)30-18-7-2-1-3-8-18/h1-13,15H,14,25H2,(H2,26,27,28,29). The average Bonchev–Trinajstić information content (AvgIpc) is 2.77. The minimum atomic E-state index is 0.425. The van der Waals surface area contributed by atoms with Crippen LogP contribution in [0.25, 0.3) is 0 Å². The molecule has 0 bridgehead atoms. The molecule has 4 rings (SSSR count). The summed E-state index contributed by atoms with van der Waals surface area (Å²) in [5.74, 6) is 2.58. The molecule has 150 valence electrons. The first-order valence-electron chi connectivity index (χ1n) is 9.37. The highest BCUT2D eigenvalue weighted by atomic mass is 35.5. The number of nitrogens with zero attached hydrogens (tertiary/aromatic N) is 2. The fourth-order valence-electron chi connectivity index (χ4n) is 2.82. The van der Waals surface area contributed by atoms with Crippen molar-refractivity contribution >= 4 is 34.6 Å². The van der Waals surface area contributed by atoms with Crippen molar-refractivity contribution in [2.45, 2.75) is 6.54 Å². The highest BCUT2D eigenvalue weighted by molar-refractivity contribution is 6.31. The molecule has 1 aromatic heterocycles. The molecule has 4 N–H and O–H groups in total. The number of hydrogen-bond donors (Lipinski definition) is 3. The zero-order chi connectivity index (χ0) is 20.8. The Hall–Kier alpha value is -3.77. The van der Waals surface area contributed by atoms with Gasteiger partial charge in [-0.25, -0.2) is 9.97 Å². The van der Waals surface area contributed by atoms with E-state index in [0.717, 1.165) is 22.7 Å². The van der Waals surface area contributed by atoms with Gasteiger partial charge >= 0.3 is 0 Å². The van der Waals surface area contributed by atoms with Crippen LogP contribution in [-0.2, 0) is 6.54 Å². The number of nitrogen functional groups attached to an aromatic ring is 1. The maximum atomic E-state index is 6.26. The number of benzene rings is 3. The van der Waals surface area contributed by atoms with E-state index in [-0.39, 0.29) is 0 Å². The van der Waals surface area contributed by atoms with Gasteiger partial charge in [0.15, 0.2) is 11.6 Å². The molecular weight excluding hydrogens is 398 g/mol. The Labute approximate surface area is 179 Å². The van der Waals surface area contributed by atoms with Crippen LogP contribution in [0.4, 0.5) is 23.0 Å². The third-order valence-electron chi connectivity index (χ3n) is 4.38. The zero-order valence-electron chi connectivity index (χ0n) is 16.0. The summed E-state index contributed by atoms with van der Waals surface area (Å²) in [7, 11) is 0. The van der Waals surface area contributed by atoms with Crippen LogP contribution in [-0.4, -0.2) is 9.97 Å². The smallest absolute Gasteiger partial charge is 0.159 e. The topological polar surface area (TPSA) is 85.1 Å². The molecule has 7 heteroatoms. The Morgan fingerprint density at radius 2 is 1.47 bits per heavy atom. The van der Waals surface area contributed by atoms with E-state index in [9.17, 15) is 0 Å². The number of nitrogens with two attached hydrogens (primary N) is 1. The molecule has 4 aromatic rings. The molecule has 30 heavy (non-hydrogen) atoms. The van der Waals surface area contributed by atoms with Gasteiger partial charge in [-0.15, -0.1) is 0 Å². The van der Waals surface area contributed by atoms with Crippen molar-refractivity contribution in [2.24, 2.45) is 0 Å². The van der Waals surface area contributed by atoms with Crippen molar-refractivity contribution in [2.75, 3.05) is 16.4 Å². The number of ether oxygens (including phenoxy) is 1. The number of nitrogens with one attached hydrogen (secondary N) is 2. The third kappa shape index (κ3) is 4.79. The largest absolute Gasteiger partial charge is 0.457 e. The van der Waals surface area contributed by atoms with E-state index in [1.54, 1.807) is 0 Å². The van der Waals surface area contributed by atoms with E-state index in [4.69, 9.17) is 22.1 Å². The number of anilines is 4. The lowest BCUT2D eigenvalue weighted by Gasteiger charge is -2.13. The Kier molecular flexibility index (Phi) is 5.96. The second-order valence-corrected chi connectivity index (χ2v) is 6.90. The first-order chi connectivity index (χ1) is 14.7. The molecule has 6 nitrogen and oxygen atoms in total. The predicted molar refractivity (Wildman–Crippen MR) is 121 cm³/mol. The fraction of sp³-hybridized carbons (Fsp3) is 0.0435. The second kappa shape index (κ2) is 9.15. The van der Waals surface area contributed by atoms with Crippen LogP contribution in [0.1, 0.15) is 5.56 Å². The maximum Gasteiger partial charge on any atom is 0.159 e. The van der Waals surface area contributed by atoms with Crippen molar-refractivity contribution in [3.63, 3.8) is 0 Å². The summed E-state index contributed by atoms with van der Waals surface area (Å²) < 4.78 is 5.81. The number of para-hydroxylation sites is 1. The van der Waals surface area contributed by atoms with Crippen LogP contribution in [0.2, 0.25) is 5.02 Å². The first kappa shape index (κ1) is 19.5. The highest BCUT2D eigenvalue weighted by Crippen LogP contribution is 2.28. The molecule has 0 atom stereocenters. The second-order valence-electron chi connectivity index (χ2n) is 6.49. The number of aromatic nitrogens is 2. The molecule has 0 aliphatic carbocycles. The van der Waals surface area contributed by atoms with Gasteiger partial charge in [-0.05, 0) is 48.0 Å². The van der Waals surface area contributed by atoms with Crippen LogP contribution in [0.15, 0.2) is 85.2 Å². The van der Waals surface area contributed by atoms with Gasteiger partial charge in [0.25, 0.3) is 0 Å².